The third kappa shape index (κ3) is 4.10. The lowest BCUT2D eigenvalue weighted by Crippen LogP contribution is -2.09. The third-order valence-electron chi connectivity index (χ3n) is 4.21. The van der Waals surface area contributed by atoms with Gasteiger partial charge >= 0.3 is 0 Å². The van der Waals surface area contributed by atoms with Crippen LogP contribution in [0.2, 0.25) is 0 Å². The van der Waals surface area contributed by atoms with Gasteiger partial charge in [-0.3, -0.25) is 0 Å². The van der Waals surface area contributed by atoms with Gasteiger partial charge in [0.1, 0.15) is 11.5 Å². The summed E-state index contributed by atoms with van der Waals surface area (Å²) in [5.74, 6) is 1.62. The van der Waals surface area contributed by atoms with Crippen molar-refractivity contribution in [1.29, 1.82) is 0 Å². The predicted octanol–water partition coefficient (Wildman–Crippen LogP) is 5.74. The molecule has 0 aliphatic rings. The zero-order valence-corrected chi connectivity index (χ0v) is 15.7. The van der Waals surface area contributed by atoms with Crippen molar-refractivity contribution in [2.75, 3.05) is 4.90 Å². The van der Waals surface area contributed by atoms with E-state index in [1.807, 2.05) is 48.5 Å². The zero-order valence-electron chi connectivity index (χ0n) is 14.7. The fourth-order valence-electron chi connectivity index (χ4n) is 2.92. The van der Waals surface area contributed by atoms with Gasteiger partial charge in [0.15, 0.2) is 0 Å². The number of rotatable bonds is 5. The first-order chi connectivity index (χ1) is 13.3. The lowest BCUT2D eigenvalue weighted by Gasteiger charge is -2.25. The maximum absolute atomic E-state index is 5.94. The van der Waals surface area contributed by atoms with Crippen molar-refractivity contribution in [3.63, 3.8) is 0 Å². The van der Waals surface area contributed by atoms with Crippen LogP contribution in [0.1, 0.15) is 0 Å². The summed E-state index contributed by atoms with van der Waals surface area (Å²) in [5, 5.41) is 1.03. The standard InChI is InChI=1S/C24H18NOSi/c27-24-17-15-23(16-18-24)26-22-13-11-21(12-14-22)25(19-7-3-1-4-8-19)20-9-5-2-6-10-20/h1-18H. The van der Waals surface area contributed by atoms with Crippen molar-refractivity contribution in [3.8, 4) is 11.5 Å². The van der Waals surface area contributed by atoms with Crippen molar-refractivity contribution in [2.45, 2.75) is 0 Å². The van der Waals surface area contributed by atoms with Gasteiger partial charge < -0.3 is 9.64 Å². The molecule has 129 valence electrons. The predicted molar refractivity (Wildman–Crippen MR) is 113 cm³/mol. The third-order valence-corrected chi connectivity index (χ3v) is 4.55. The van der Waals surface area contributed by atoms with Gasteiger partial charge in [-0.2, -0.15) is 0 Å². The molecule has 4 rings (SSSR count). The van der Waals surface area contributed by atoms with Crippen molar-refractivity contribution in [2.24, 2.45) is 0 Å². The minimum Gasteiger partial charge on any atom is -0.457 e. The minimum atomic E-state index is 0.807. The van der Waals surface area contributed by atoms with Gasteiger partial charge in [-0.05, 0) is 60.7 Å². The molecule has 4 aromatic carbocycles. The van der Waals surface area contributed by atoms with Crippen LogP contribution in [0, 0.1) is 0 Å². The number of para-hydroxylation sites is 2. The van der Waals surface area contributed by atoms with E-state index in [9.17, 15) is 0 Å². The molecular weight excluding hydrogens is 346 g/mol. The van der Waals surface area contributed by atoms with E-state index in [2.05, 4.69) is 75.8 Å². The normalized spacial score (nSPS) is 10.4. The Morgan fingerprint density at radius 1 is 0.481 bits per heavy atom. The number of hydrogen-bond acceptors (Lipinski definition) is 2. The van der Waals surface area contributed by atoms with Crippen LogP contribution in [0.5, 0.6) is 11.5 Å². The minimum absolute atomic E-state index is 0.807. The van der Waals surface area contributed by atoms with Gasteiger partial charge in [0.2, 0.25) is 0 Å². The van der Waals surface area contributed by atoms with Crippen LogP contribution in [0.25, 0.3) is 0 Å². The molecule has 0 spiro atoms. The highest BCUT2D eigenvalue weighted by Gasteiger charge is 2.11. The molecule has 3 heteroatoms. The summed E-state index contributed by atoms with van der Waals surface area (Å²) in [7, 11) is 3.49. The molecule has 0 heterocycles. The largest absolute Gasteiger partial charge is 0.457 e. The van der Waals surface area contributed by atoms with E-state index in [0.717, 1.165) is 33.7 Å². The van der Waals surface area contributed by atoms with E-state index in [4.69, 9.17) is 4.74 Å². The van der Waals surface area contributed by atoms with Crippen molar-refractivity contribution >= 4 is 32.5 Å². The van der Waals surface area contributed by atoms with E-state index in [1.165, 1.54) is 0 Å². The van der Waals surface area contributed by atoms with E-state index < -0.39 is 0 Å². The molecule has 0 saturated carbocycles. The van der Waals surface area contributed by atoms with Crippen molar-refractivity contribution in [3.05, 3.63) is 109 Å². The summed E-state index contributed by atoms with van der Waals surface area (Å²) in [6.45, 7) is 0. The van der Waals surface area contributed by atoms with Crippen LogP contribution >= 0.6 is 0 Å². The molecule has 0 fully saturated rings. The Bertz CT molecular complexity index is 944. The van der Waals surface area contributed by atoms with Gasteiger partial charge in [-0.25, -0.2) is 0 Å². The average Bonchev–Trinajstić information content (AvgIpc) is 2.73. The Morgan fingerprint density at radius 2 is 0.889 bits per heavy atom. The Balaban J connectivity index is 1.64. The molecule has 0 aliphatic heterocycles. The fraction of sp³-hybridized carbons (Fsp3) is 0. The highest BCUT2D eigenvalue weighted by molar-refractivity contribution is 6.32. The molecule has 0 aliphatic carbocycles. The van der Waals surface area contributed by atoms with Crippen LogP contribution in [-0.2, 0) is 0 Å². The van der Waals surface area contributed by atoms with Gasteiger partial charge in [0, 0.05) is 17.1 Å². The van der Waals surface area contributed by atoms with Crippen LogP contribution in [0.15, 0.2) is 109 Å². The highest BCUT2D eigenvalue weighted by atomic mass is 28.1. The fourth-order valence-corrected chi connectivity index (χ4v) is 3.09. The van der Waals surface area contributed by atoms with Crippen LogP contribution in [0.3, 0.4) is 0 Å². The maximum atomic E-state index is 5.94. The first-order valence-corrected chi connectivity index (χ1v) is 9.29. The van der Waals surface area contributed by atoms with Crippen LogP contribution in [0.4, 0.5) is 17.1 Å². The quantitative estimate of drug-likeness (QED) is 0.419. The Labute approximate surface area is 163 Å². The van der Waals surface area contributed by atoms with Crippen molar-refractivity contribution < 1.29 is 4.74 Å². The van der Waals surface area contributed by atoms with Gasteiger partial charge in [-0.15, -0.1) is 0 Å². The van der Waals surface area contributed by atoms with E-state index in [-0.39, 0.29) is 0 Å². The zero-order chi connectivity index (χ0) is 18.5. The second kappa shape index (κ2) is 7.93. The number of ether oxygens (including phenoxy) is 1. The molecule has 2 nitrogen and oxygen atoms in total. The first-order valence-electron chi connectivity index (χ1n) is 8.79. The summed E-state index contributed by atoms with van der Waals surface area (Å²) < 4.78 is 5.94. The smallest absolute Gasteiger partial charge is 0.127 e. The number of benzene rings is 4. The monoisotopic (exact) mass is 364 g/mol. The Kier molecular flexibility index (Phi) is 5.03. The van der Waals surface area contributed by atoms with Crippen molar-refractivity contribution in [1.82, 2.24) is 0 Å². The second-order valence-corrected chi connectivity index (χ2v) is 6.70. The summed E-state index contributed by atoms with van der Waals surface area (Å²) >= 11 is 0. The molecule has 4 aromatic rings. The maximum Gasteiger partial charge on any atom is 0.127 e. The van der Waals surface area contributed by atoms with E-state index in [0.29, 0.717) is 0 Å². The Morgan fingerprint density at radius 3 is 1.37 bits per heavy atom. The molecule has 0 saturated heterocycles. The van der Waals surface area contributed by atoms with Crippen LogP contribution < -0.4 is 14.8 Å². The number of hydrogen-bond donors (Lipinski definition) is 0. The molecule has 0 atom stereocenters. The lowest BCUT2D eigenvalue weighted by molar-refractivity contribution is 0.483. The second-order valence-electron chi connectivity index (χ2n) is 6.13. The molecule has 3 radical (unpaired) electrons. The molecule has 0 N–H and O–H groups in total. The lowest BCUT2D eigenvalue weighted by atomic mass is 10.2. The number of nitrogens with zero attached hydrogens (tertiary/aromatic N) is 1. The molecular formula is C24H18NOSi. The average molecular weight is 365 g/mol. The van der Waals surface area contributed by atoms with Gasteiger partial charge in [0.25, 0.3) is 0 Å². The summed E-state index contributed by atoms with van der Waals surface area (Å²) in [6.07, 6.45) is 0. The van der Waals surface area contributed by atoms with Gasteiger partial charge in [-0.1, -0.05) is 53.7 Å². The summed E-state index contributed by atoms with van der Waals surface area (Å²) in [6, 6.07) is 36.7. The molecule has 27 heavy (non-hydrogen) atoms. The number of anilines is 3. The molecule has 0 unspecified atom stereocenters. The molecule has 0 amide bonds. The SMILES string of the molecule is [Si]c1ccc(Oc2ccc(N(c3ccccc3)c3ccccc3)cc2)cc1. The first kappa shape index (κ1) is 17.1. The summed E-state index contributed by atoms with van der Waals surface area (Å²) in [5.41, 5.74) is 3.31. The topological polar surface area (TPSA) is 12.5 Å². The van der Waals surface area contributed by atoms with E-state index in [1.54, 1.807) is 0 Å². The van der Waals surface area contributed by atoms with Gasteiger partial charge in [0.05, 0.1) is 10.2 Å². The molecule has 0 aromatic heterocycles. The van der Waals surface area contributed by atoms with E-state index >= 15 is 0 Å². The molecule has 0 bridgehead atoms. The highest BCUT2D eigenvalue weighted by Crippen LogP contribution is 2.35. The van der Waals surface area contributed by atoms with Crippen LogP contribution in [-0.4, -0.2) is 10.2 Å². The Hall–Kier alpha value is -3.30. The summed E-state index contributed by atoms with van der Waals surface area (Å²) in [4.78, 5) is 2.23.